The van der Waals surface area contributed by atoms with Gasteiger partial charge in [-0.15, -0.1) is 8.80 Å². The van der Waals surface area contributed by atoms with Crippen LogP contribution in [0.2, 0.25) is 0 Å². The molecule has 0 bridgehead atoms. The molecule has 4 aromatic carbocycles. The number of nitrogens with two attached hydrogens (primary N) is 4. The van der Waals surface area contributed by atoms with E-state index in [0.29, 0.717) is 39.0 Å². The molecule has 224 valence electrons. The number of carbonyl (C=O) groups excluding carboxylic acids is 1. The zero-order valence-corrected chi connectivity index (χ0v) is 24.3. The summed E-state index contributed by atoms with van der Waals surface area (Å²) in [7, 11) is -8.14. The van der Waals surface area contributed by atoms with E-state index in [4.69, 9.17) is 27.9 Å². The predicted octanol–water partition coefficient (Wildman–Crippen LogP) is 2.31. The van der Waals surface area contributed by atoms with E-state index in [1.165, 1.54) is 36.4 Å². The van der Waals surface area contributed by atoms with Gasteiger partial charge in [0.05, 0.1) is 26.5 Å². The summed E-state index contributed by atoms with van der Waals surface area (Å²) in [6.07, 6.45) is 0. The van der Waals surface area contributed by atoms with E-state index in [2.05, 4.69) is 19.4 Å². The molecule has 0 fully saturated rings. The molecule has 1 aromatic heterocycles. The van der Waals surface area contributed by atoms with Gasteiger partial charge in [-0.05, 0) is 72.8 Å². The maximum absolute atomic E-state index is 13.2. The van der Waals surface area contributed by atoms with Crippen LogP contribution in [0.15, 0.2) is 110 Å². The van der Waals surface area contributed by atoms with Crippen LogP contribution < -0.4 is 33.6 Å². The number of nitrogens with zero attached hydrogens (tertiary/aromatic N) is 3. The van der Waals surface area contributed by atoms with Crippen molar-refractivity contribution in [1.29, 1.82) is 0 Å². The van der Waals surface area contributed by atoms with Crippen LogP contribution in [0, 0.1) is 0 Å². The molecule has 5 aromatic rings. The number of nitrogens with one attached hydrogen (secondary N) is 2. The Kier molecular flexibility index (Phi) is 7.78. The zero-order valence-electron chi connectivity index (χ0n) is 22.7. The highest BCUT2D eigenvalue weighted by Crippen LogP contribution is 2.34. The molecule has 0 atom stereocenters. The van der Waals surface area contributed by atoms with Gasteiger partial charge >= 0.3 is 0 Å². The normalized spacial score (nSPS) is 11.5. The van der Waals surface area contributed by atoms with E-state index in [-0.39, 0.29) is 9.79 Å². The van der Waals surface area contributed by atoms with Gasteiger partial charge in [-0.25, -0.2) is 4.98 Å². The van der Waals surface area contributed by atoms with Crippen LogP contribution in [0.3, 0.4) is 0 Å². The average molecular weight is 632 g/mol. The van der Waals surface area contributed by atoms with Gasteiger partial charge in [0.15, 0.2) is 0 Å². The molecule has 0 saturated carbocycles. The fourth-order valence-corrected chi connectivity index (χ4v) is 6.04. The number of carbonyl (C=O) groups is 1. The summed E-state index contributed by atoms with van der Waals surface area (Å²) in [5, 5.41) is 7.43. The summed E-state index contributed by atoms with van der Waals surface area (Å²) in [5.74, 6) is -1.63. The van der Waals surface area contributed by atoms with Crippen LogP contribution in [0.4, 0.5) is 17.1 Å². The Labute approximate surface area is 251 Å². The zero-order chi connectivity index (χ0) is 31.6. The van der Waals surface area contributed by atoms with Crippen LogP contribution in [-0.4, -0.2) is 39.6 Å². The number of guanidine groups is 2. The lowest BCUT2D eigenvalue weighted by Crippen LogP contribution is -2.24. The number of pyridine rings is 1. The quantitative estimate of drug-likeness (QED) is 0.0823. The lowest BCUT2D eigenvalue weighted by atomic mass is 10.0. The number of aromatic nitrogens is 1. The Bertz CT molecular complexity index is 2190. The van der Waals surface area contributed by atoms with E-state index in [1.807, 2.05) is 24.3 Å². The summed E-state index contributed by atoms with van der Waals surface area (Å²) in [6.45, 7) is 0. The molecule has 44 heavy (non-hydrogen) atoms. The van der Waals surface area contributed by atoms with Gasteiger partial charge in [0, 0.05) is 27.7 Å². The van der Waals surface area contributed by atoms with E-state index in [9.17, 15) is 21.6 Å². The molecule has 5 rings (SSSR count). The molecule has 1 heterocycles. The maximum atomic E-state index is 13.2. The Morgan fingerprint density at radius 3 is 1.73 bits per heavy atom. The lowest BCUT2D eigenvalue weighted by Gasteiger charge is -2.15. The number of hydrogen-bond acceptors (Lipinski definition) is 7. The summed E-state index contributed by atoms with van der Waals surface area (Å²) in [6, 6.07) is 23.6. The fraction of sp³-hybridized carbons (Fsp3) is 0. The van der Waals surface area contributed by atoms with E-state index in [0.717, 1.165) is 5.39 Å². The van der Waals surface area contributed by atoms with Crippen molar-refractivity contribution in [3.63, 3.8) is 0 Å². The van der Waals surface area contributed by atoms with Crippen molar-refractivity contribution in [2.45, 2.75) is 9.79 Å². The van der Waals surface area contributed by atoms with Crippen molar-refractivity contribution in [2.75, 3.05) is 10.6 Å². The third kappa shape index (κ3) is 6.35. The smallest absolute Gasteiger partial charge is 0.285 e. The number of rotatable bonds is 8. The van der Waals surface area contributed by atoms with Crippen molar-refractivity contribution in [2.24, 2.45) is 31.7 Å². The number of para-hydroxylation sites is 1. The fourth-order valence-electron chi connectivity index (χ4n) is 4.32. The van der Waals surface area contributed by atoms with Crippen molar-refractivity contribution in [1.82, 2.24) is 4.98 Å². The average Bonchev–Trinajstić information content (AvgIpc) is 2.96. The van der Waals surface area contributed by atoms with Gasteiger partial charge in [-0.1, -0.05) is 18.2 Å². The van der Waals surface area contributed by atoms with Gasteiger partial charge in [0.1, 0.15) is 0 Å². The number of hydrogen-bond donors (Lipinski definition) is 6. The molecular formula is C28H25N9O5S2. The molecule has 0 aliphatic carbocycles. The Balaban J connectivity index is 1.48. The Hall–Kier alpha value is -5.74. The number of benzene rings is 4. The summed E-state index contributed by atoms with van der Waals surface area (Å²) in [5.41, 5.74) is 24.0. The van der Waals surface area contributed by atoms with Gasteiger partial charge in [-0.2, -0.15) is 16.8 Å². The largest absolute Gasteiger partial charge is 0.369 e. The minimum absolute atomic E-state index is 0.0956. The third-order valence-corrected chi connectivity index (χ3v) is 8.86. The van der Waals surface area contributed by atoms with Crippen molar-refractivity contribution in [3.05, 3.63) is 96.6 Å². The first-order valence-corrected chi connectivity index (χ1v) is 15.5. The number of amides is 1. The van der Waals surface area contributed by atoms with E-state index >= 15 is 0 Å². The molecule has 10 N–H and O–H groups in total. The minimum atomic E-state index is -4.08. The Morgan fingerprint density at radius 2 is 1.16 bits per heavy atom. The molecule has 14 nitrogen and oxygen atoms in total. The van der Waals surface area contributed by atoms with Crippen molar-refractivity contribution < 1.29 is 21.6 Å². The molecule has 0 radical (unpaired) electrons. The molecule has 16 heteroatoms. The van der Waals surface area contributed by atoms with E-state index < -0.39 is 37.9 Å². The van der Waals surface area contributed by atoms with Crippen molar-refractivity contribution >= 4 is 76.7 Å². The highest BCUT2D eigenvalue weighted by atomic mass is 32.2. The first-order chi connectivity index (χ1) is 20.8. The molecule has 0 aliphatic heterocycles. The first-order valence-electron chi connectivity index (χ1n) is 12.7. The lowest BCUT2D eigenvalue weighted by molar-refractivity contribution is 0.102. The van der Waals surface area contributed by atoms with Crippen LogP contribution >= 0.6 is 0 Å². The Morgan fingerprint density at radius 1 is 0.636 bits per heavy atom. The molecule has 0 unspecified atom stereocenters. The second-order valence-electron chi connectivity index (χ2n) is 9.35. The monoisotopic (exact) mass is 631 g/mol. The van der Waals surface area contributed by atoms with Gasteiger partial charge in [-0.3, -0.25) is 4.79 Å². The standard InChI is InChI=1S/C28H25N9O5S2/c29-27(30)36-43(39,40)19-10-6-17(7-11-19)33-25-21-3-1-2-4-23(21)35-24-14-5-16(15-22(24)25)26(38)34-18-8-12-20(13-9-18)44(41,42)37-28(31)32/h1-15H,(H,33,35)(H,34,38)(H4,29,30,36)(H4,31,32,37). The predicted molar refractivity (Wildman–Crippen MR) is 169 cm³/mol. The molecular weight excluding hydrogens is 606 g/mol. The topological polar surface area (TPSA) is 251 Å². The molecule has 0 spiro atoms. The SMILES string of the molecule is NC(N)=NS(=O)(=O)c1ccc(NC(=O)c2ccc3nc4ccccc4c(Nc4ccc(S(=O)(=O)N=C(N)N)cc4)c3c2)cc1. The summed E-state index contributed by atoms with van der Waals surface area (Å²) < 4.78 is 55.6. The third-order valence-electron chi connectivity index (χ3n) is 6.23. The number of sulfonamides is 2. The van der Waals surface area contributed by atoms with Gasteiger partial charge in [0.25, 0.3) is 26.0 Å². The summed E-state index contributed by atoms with van der Waals surface area (Å²) in [4.78, 5) is 17.7. The van der Waals surface area contributed by atoms with E-state index in [1.54, 1.807) is 30.3 Å². The highest BCUT2D eigenvalue weighted by molar-refractivity contribution is 7.90. The number of anilines is 3. The second kappa shape index (κ2) is 11.5. The maximum Gasteiger partial charge on any atom is 0.285 e. The van der Waals surface area contributed by atoms with Crippen LogP contribution in [0.25, 0.3) is 21.8 Å². The van der Waals surface area contributed by atoms with Crippen molar-refractivity contribution in [3.8, 4) is 0 Å². The molecule has 0 saturated heterocycles. The highest BCUT2D eigenvalue weighted by Gasteiger charge is 2.17. The molecule has 1 amide bonds. The van der Waals surface area contributed by atoms with Gasteiger partial charge < -0.3 is 33.6 Å². The van der Waals surface area contributed by atoms with Crippen LogP contribution in [-0.2, 0) is 20.0 Å². The number of fused-ring (bicyclic) bond motifs is 2. The molecule has 0 aliphatic rings. The second-order valence-corrected chi connectivity index (χ2v) is 12.6. The van der Waals surface area contributed by atoms with Crippen LogP contribution in [0.5, 0.6) is 0 Å². The van der Waals surface area contributed by atoms with Gasteiger partial charge in [0.2, 0.25) is 11.9 Å². The summed E-state index contributed by atoms with van der Waals surface area (Å²) >= 11 is 0. The first kappa shape index (κ1) is 29.7. The van der Waals surface area contributed by atoms with Crippen LogP contribution in [0.1, 0.15) is 10.4 Å². The minimum Gasteiger partial charge on any atom is -0.369 e.